The summed E-state index contributed by atoms with van der Waals surface area (Å²) in [6.07, 6.45) is 3.39. The number of aryl methyl sites for hydroxylation is 2. The molecule has 0 atom stereocenters. The minimum absolute atomic E-state index is 0.602. The first kappa shape index (κ1) is 16.8. The molecule has 0 saturated carbocycles. The molecule has 4 aromatic rings. The van der Waals surface area contributed by atoms with Crippen LogP contribution in [0.1, 0.15) is 11.1 Å². The molecule has 6 heteroatoms. The second-order valence-electron chi connectivity index (χ2n) is 6.26. The molecule has 0 unspecified atom stereocenters. The quantitative estimate of drug-likeness (QED) is 0.524. The maximum absolute atomic E-state index is 5.78. The first-order chi connectivity index (χ1) is 13.2. The van der Waals surface area contributed by atoms with E-state index in [2.05, 4.69) is 51.5 Å². The van der Waals surface area contributed by atoms with Gasteiger partial charge >= 0.3 is 0 Å². The van der Waals surface area contributed by atoms with Crippen molar-refractivity contribution < 1.29 is 4.74 Å². The lowest BCUT2D eigenvalue weighted by Crippen LogP contribution is -1.93. The minimum Gasteiger partial charge on any atom is -0.457 e. The Balaban J connectivity index is 1.47. The summed E-state index contributed by atoms with van der Waals surface area (Å²) in [6.45, 7) is 4.18. The third-order valence-corrected chi connectivity index (χ3v) is 4.27. The number of aromatic nitrogens is 4. The molecule has 0 radical (unpaired) electrons. The lowest BCUT2D eigenvalue weighted by atomic mass is 10.1. The SMILES string of the molecule is Cc1ccc(Nc2nnc(-c3ccc(Oc4ccncc4)cc3)[nH]2)cc1C. The number of nitrogens with zero attached hydrogens (tertiary/aromatic N) is 3. The van der Waals surface area contributed by atoms with Gasteiger partial charge in [0.1, 0.15) is 11.5 Å². The number of nitrogens with one attached hydrogen (secondary N) is 2. The fourth-order valence-corrected chi connectivity index (χ4v) is 2.63. The molecular weight excluding hydrogens is 338 g/mol. The van der Waals surface area contributed by atoms with Gasteiger partial charge in [-0.2, -0.15) is 0 Å². The van der Waals surface area contributed by atoms with E-state index >= 15 is 0 Å². The molecule has 0 aliphatic heterocycles. The van der Waals surface area contributed by atoms with Gasteiger partial charge in [-0.3, -0.25) is 4.98 Å². The number of hydrogen-bond acceptors (Lipinski definition) is 5. The van der Waals surface area contributed by atoms with Crippen LogP contribution in [0, 0.1) is 13.8 Å². The monoisotopic (exact) mass is 357 g/mol. The molecule has 0 amide bonds. The molecule has 2 N–H and O–H groups in total. The van der Waals surface area contributed by atoms with Crippen LogP contribution in [0.2, 0.25) is 0 Å². The lowest BCUT2D eigenvalue weighted by molar-refractivity contribution is 0.482. The molecular formula is C21H19N5O. The summed E-state index contributed by atoms with van der Waals surface area (Å²) < 4.78 is 5.78. The standard InChI is InChI=1S/C21H19N5O/c1-14-3-6-17(13-15(14)2)23-21-24-20(25-26-21)16-4-7-18(8-5-16)27-19-9-11-22-12-10-19/h3-13H,1-2H3,(H2,23,24,25,26). The molecule has 2 heterocycles. The number of rotatable bonds is 5. The zero-order valence-corrected chi connectivity index (χ0v) is 15.1. The largest absolute Gasteiger partial charge is 0.457 e. The average Bonchev–Trinajstić information content (AvgIpc) is 3.15. The number of H-pyrrole nitrogens is 1. The predicted octanol–water partition coefficient (Wildman–Crippen LogP) is 5.02. The van der Waals surface area contributed by atoms with Crippen LogP contribution in [0.3, 0.4) is 0 Å². The van der Waals surface area contributed by atoms with E-state index in [0.717, 1.165) is 22.7 Å². The van der Waals surface area contributed by atoms with E-state index < -0.39 is 0 Å². The van der Waals surface area contributed by atoms with Gasteiger partial charge in [-0.05, 0) is 73.5 Å². The summed E-state index contributed by atoms with van der Waals surface area (Å²) in [4.78, 5) is 7.18. The third kappa shape index (κ3) is 3.95. The van der Waals surface area contributed by atoms with Gasteiger partial charge in [0.05, 0.1) is 0 Å². The highest BCUT2D eigenvalue weighted by atomic mass is 16.5. The molecule has 27 heavy (non-hydrogen) atoms. The molecule has 0 fully saturated rings. The highest BCUT2D eigenvalue weighted by Crippen LogP contribution is 2.25. The highest BCUT2D eigenvalue weighted by molar-refractivity contribution is 5.61. The van der Waals surface area contributed by atoms with Gasteiger partial charge in [0.2, 0.25) is 5.95 Å². The number of ether oxygens (including phenoxy) is 1. The zero-order chi connectivity index (χ0) is 18.6. The van der Waals surface area contributed by atoms with Crippen LogP contribution >= 0.6 is 0 Å². The molecule has 0 saturated heterocycles. The molecule has 134 valence electrons. The van der Waals surface area contributed by atoms with E-state index in [0.29, 0.717) is 11.8 Å². The van der Waals surface area contributed by atoms with E-state index in [1.165, 1.54) is 11.1 Å². The van der Waals surface area contributed by atoms with Crippen molar-refractivity contribution in [2.75, 3.05) is 5.32 Å². The van der Waals surface area contributed by atoms with Gasteiger partial charge in [-0.25, -0.2) is 0 Å². The molecule has 6 nitrogen and oxygen atoms in total. The third-order valence-electron chi connectivity index (χ3n) is 4.27. The molecule has 0 bridgehead atoms. The van der Waals surface area contributed by atoms with E-state index in [9.17, 15) is 0 Å². The molecule has 0 aliphatic carbocycles. The Morgan fingerprint density at radius 2 is 1.56 bits per heavy atom. The van der Waals surface area contributed by atoms with Crippen molar-refractivity contribution in [3.8, 4) is 22.9 Å². The Morgan fingerprint density at radius 3 is 2.30 bits per heavy atom. The van der Waals surface area contributed by atoms with Crippen LogP contribution in [0.15, 0.2) is 67.0 Å². The summed E-state index contributed by atoms with van der Waals surface area (Å²) in [5.74, 6) is 2.79. The van der Waals surface area contributed by atoms with Gasteiger partial charge in [0.15, 0.2) is 5.82 Å². The number of aromatic amines is 1. The van der Waals surface area contributed by atoms with Crippen LogP contribution < -0.4 is 10.1 Å². The molecule has 4 rings (SSSR count). The van der Waals surface area contributed by atoms with Crippen LogP contribution in [0.5, 0.6) is 11.5 Å². The van der Waals surface area contributed by atoms with Gasteiger partial charge in [-0.1, -0.05) is 6.07 Å². The Kier molecular flexibility index (Phi) is 4.53. The van der Waals surface area contributed by atoms with Crippen molar-refractivity contribution >= 4 is 11.6 Å². The van der Waals surface area contributed by atoms with Gasteiger partial charge in [0, 0.05) is 23.6 Å². The molecule has 2 aromatic heterocycles. The van der Waals surface area contributed by atoms with E-state index in [1.54, 1.807) is 12.4 Å². The Labute approximate surface area is 157 Å². The number of benzene rings is 2. The van der Waals surface area contributed by atoms with Crippen LogP contribution in [0.4, 0.5) is 11.6 Å². The second kappa shape index (κ2) is 7.29. The lowest BCUT2D eigenvalue weighted by Gasteiger charge is -2.06. The summed E-state index contributed by atoms with van der Waals surface area (Å²) in [5.41, 5.74) is 4.39. The summed E-state index contributed by atoms with van der Waals surface area (Å²) >= 11 is 0. The van der Waals surface area contributed by atoms with Crippen LogP contribution in [0.25, 0.3) is 11.4 Å². The molecule has 2 aromatic carbocycles. The van der Waals surface area contributed by atoms with Crippen molar-refractivity contribution in [2.24, 2.45) is 0 Å². The first-order valence-corrected chi connectivity index (χ1v) is 8.63. The van der Waals surface area contributed by atoms with E-state index in [4.69, 9.17) is 4.74 Å². The van der Waals surface area contributed by atoms with Crippen molar-refractivity contribution in [3.63, 3.8) is 0 Å². The van der Waals surface area contributed by atoms with Crippen molar-refractivity contribution in [3.05, 3.63) is 78.1 Å². The fourth-order valence-electron chi connectivity index (χ4n) is 2.63. The van der Waals surface area contributed by atoms with Gasteiger partial charge in [-0.15, -0.1) is 10.2 Å². The zero-order valence-electron chi connectivity index (χ0n) is 15.1. The van der Waals surface area contributed by atoms with Crippen molar-refractivity contribution in [1.82, 2.24) is 20.2 Å². The summed E-state index contributed by atoms with van der Waals surface area (Å²) in [5, 5.41) is 11.6. The van der Waals surface area contributed by atoms with Crippen molar-refractivity contribution in [1.29, 1.82) is 0 Å². The minimum atomic E-state index is 0.602. The smallest absolute Gasteiger partial charge is 0.226 e. The first-order valence-electron chi connectivity index (χ1n) is 8.63. The van der Waals surface area contributed by atoms with Gasteiger partial charge < -0.3 is 15.0 Å². The van der Waals surface area contributed by atoms with E-state index in [-0.39, 0.29) is 0 Å². The topological polar surface area (TPSA) is 75.7 Å². The maximum Gasteiger partial charge on any atom is 0.226 e. The fraction of sp³-hybridized carbons (Fsp3) is 0.0952. The van der Waals surface area contributed by atoms with E-state index in [1.807, 2.05) is 42.5 Å². The summed E-state index contributed by atoms with van der Waals surface area (Å²) in [7, 11) is 0. The molecule has 0 spiro atoms. The Morgan fingerprint density at radius 1 is 0.815 bits per heavy atom. The second-order valence-corrected chi connectivity index (χ2v) is 6.26. The Bertz CT molecular complexity index is 1040. The number of pyridine rings is 1. The Hall–Kier alpha value is -3.67. The summed E-state index contributed by atoms with van der Waals surface area (Å²) in [6, 6.07) is 17.5. The number of anilines is 2. The highest BCUT2D eigenvalue weighted by Gasteiger charge is 2.07. The normalized spacial score (nSPS) is 10.6. The molecule has 0 aliphatic rings. The van der Waals surface area contributed by atoms with Crippen LogP contribution in [-0.4, -0.2) is 20.2 Å². The predicted molar refractivity (Wildman–Crippen MR) is 105 cm³/mol. The van der Waals surface area contributed by atoms with Crippen molar-refractivity contribution in [2.45, 2.75) is 13.8 Å². The number of hydrogen-bond donors (Lipinski definition) is 2. The average molecular weight is 357 g/mol. The van der Waals surface area contributed by atoms with Crippen LogP contribution in [-0.2, 0) is 0 Å². The van der Waals surface area contributed by atoms with Gasteiger partial charge in [0.25, 0.3) is 0 Å². The maximum atomic E-state index is 5.78.